The zero-order valence-electron chi connectivity index (χ0n) is 11.3. The molecule has 0 amide bonds. The number of rotatable bonds is 2. The minimum atomic E-state index is -0.275. The quantitative estimate of drug-likeness (QED) is 0.751. The summed E-state index contributed by atoms with van der Waals surface area (Å²) >= 11 is 0. The SMILES string of the molecule is CC(C)c1c(O)n2ncc(-c3ccccc3)c2[nH]c1=O. The minimum absolute atomic E-state index is 0.0764. The van der Waals surface area contributed by atoms with Crippen LogP contribution < -0.4 is 5.56 Å². The predicted octanol–water partition coefficient (Wildman–Crippen LogP) is 2.52. The summed E-state index contributed by atoms with van der Waals surface area (Å²) in [7, 11) is 0. The summed E-state index contributed by atoms with van der Waals surface area (Å²) < 4.78 is 1.37. The Hall–Kier alpha value is -2.56. The summed E-state index contributed by atoms with van der Waals surface area (Å²) in [5.41, 5.74) is 2.30. The molecular formula is C15H15N3O2. The van der Waals surface area contributed by atoms with Gasteiger partial charge in [-0.1, -0.05) is 44.2 Å². The number of aromatic hydroxyl groups is 1. The number of aromatic amines is 1. The summed E-state index contributed by atoms with van der Waals surface area (Å²) in [4.78, 5) is 14.9. The first-order valence-corrected chi connectivity index (χ1v) is 6.48. The molecule has 2 N–H and O–H groups in total. The van der Waals surface area contributed by atoms with Crippen LogP contribution in [0.2, 0.25) is 0 Å². The van der Waals surface area contributed by atoms with Crippen molar-refractivity contribution >= 4 is 5.65 Å². The van der Waals surface area contributed by atoms with E-state index in [1.165, 1.54) is 4.52 Å². The second kappa shape index (κ2) is 4.52. The van der Waals surface area contributed by atoms with Gasteiger partial charge >= 0.3 is 0 Å². The largest absolute Gasteiger partial charge is 0.493 e. The van der Waals surface area contributed by atoms with Gasteiger partial charge in [0.25, 0.3) is 5.56 Å². The molecule has 20 heavy (non-hydrogen) atoms. The van der Waals surface area contributed by atoms with Crippen LogP contribution in [0, 0.1) is 0 Å². The first-order valence-electron chi connectivity index (χ1n) is 6.48. The number of nitrogens with zero attached hydrogens (tertiary/aromatic N) is 2. The molecular weight excluding hydrogens is 254 g/mol. The van der Waals surface area contributed by atoms with Gasteiger partial charge in [0.1, 0.15) is 5.65 Å². The second-order valence-electron chi connectivity index (χ2n) is 5.03. The van der Waals surface area contributed by atoms with Crippen LogP contribution in [0.15, 0.2) is 41.3 Å². The van der Waals surface area contributed by atoms with Gasteiger partial charge in [0, 0.05) is 5.56 Å². The molecule has 0 unspecified atom stereocenters. The van der Waals surface area contributed by atoms with Crippen LogP contribution in [0.5, 0.6) is 5.88 Å². The zero-order chi connectivity index (χ0) is 14.3. The molecule has 3 aromatic rings. The van der Waals surface area contributed by atoms with Crippen LogP contribution in [0.4, 0.5) is 0 Å². The zero-order valence-corrected chi connectivity index (χ0v) is 11.3. The topological polar surface area (TPSA) is 70.4 Å². The Morgan fingerprint density at radius 1 is 1.25 bits per heavy atom. The fourth-order valence-corrected chi connectivity index (χ4v) is 2.37. The van der Waals surface area contributed by atoms with Gasteiger partial charge < -0.3 is 10.1 Å². The van der Waals surface area contributed by atoms with Crippen LogP contribution in [-0.4, -0.2) is 19.7 Å². The van der Waals surface area contributed by atoms with Crippen LogP contribution in [-0.2, 0) is 0 Å². The predicted molar refractivity (Wildman–Crippen MR) is 77.0 cm³/mol. The summed E-state index contributed by atoms with van der Waals surface area (Å²) in [6.07, 6.45) is 1.64. The number of nitrogens with one attached hydrogen (secondary N) is 1. The van der Waals surface area contributed by atoms with Crippen molar-refractivity contribution in [3.63, 3.8) is 0 Å². The van der Waals surface area contributed by atoms with E-state index in [1.54, 1.807) is 6.20 Å². The highest BCUT2D eigenvalue weighted by molar-refractivity contribution is 5.77. The molecule has 0 bridgehead atoms. The lowest BCUT2D eigenvalue weighted by Crippen LogP contribution is -2.17. The summed E-state index contributed by atoms with van der Waals surface area (Å²) in [6, 6.07) is 9.62. The third-order valence-corrected chi connectivity index (χ3v) is 3.35. The molecule has 5 heteroatoms. The Morgan fingerprint density at radius 3 is 2.60 bits per heavy atom. The van der Waals surface area contributed by atoms with Crippen LogP contribution in [0.3, 0.4) is 0 Å². The van der Waals surface area contributed by atoms with Gasteiger partial charge in [-0.05, 0) is 11.5 Å². The first-order chi connectivity index (χ1) is 9.59. The average molecular weight is 269 g/mol. The molecule has 3 rings (SSSR count). The highest BCUT2D eigenvalue weighted by atomic mass is 16.3. The first kappa shape index (κ1) is 12.5. The maximum Gasteiger partial charge on any atom is 0.258 e. The summed E-state index contributed by atoms with van der Waals surface area (Å²) in [6.45, 7) is 3.72. The Morgan fingerprint density at radius 2 is 1.95 bits per heavy atom. The monoisotopic (exact) mass is 269 g/mol. The lowest BCUT2D eigenvalue weighted by Gasteiger charge is -2.08. The molecule has 0 aliphatic heterocycles. The molecule has 0 radical (unpaired) electrons. The molecule has 0 saturated carbocycles. The molecule has 0 aliphatic carbocycles. The molecule has 1 aromatic carbocycles. The summed E-state index contributed by atoms with van der Waals surface area (Å²) in [5.74, 6) is -0.173. The average Bonchev–Trinajstić information content (AvgIpc) is 2.83. The number of aromatic nitrogens is 3. The molecule has 102 valence electrons. The molecule has 2 aromatic heterocycles. The van der Waals surface area contributed by atoms with E-state index >= 15 is 0 Å². The van der Waals surface area contributed by atoms with Gasteiger partial charge in [-0.15, -0.1) is 0 Å². The van der Waals surface area contributed by atoms with Crippen LogP contribution >= 0.6 is 0 Å². The van der Waals surface area contributed by atoms with E-state index in [2.05, 4.69) is 10.1 Å². The molecule has 0 fully saturated rings. The van der Waals surface area contributed by atoms with Crippen molar-refractivity contribution < 1.29 is 5.11 Å². The van der Waals surface area contributed by atoms with E-state index in [0.29, 0.717) is 11.2 Å². The normalized spacial score (nSPS) is 11.3. The molecule has 0 atom stereocenters. The Balaban J connectivity index is 2.33. The minimum Gasteiger partial charge on any atom is -0.493 e. The van der Waals surface area contributed by atoms with Crippen molar-refractivity contribution in [3.05, 3.63) is 52.4 Å². The van der Waals surface area contributed by atoms with Crippen molar-refractivity contribution in [1.29, 1.82) is 0 Å². The number of hydrogen-bond acceptors (Lipinski definition) is 3. The van der Waals surface area contributed by atoms with Crippen molar-refractivity contribution in [1.82, 2.24) is 14.6 Å². The van der Waals surface area contributed by atoms with Crippen molar-refractivity contribution in [2.75, 3.05) is 0 Å². The molecule has 0 saturated heterocycles. The Kier molecular flexibility index (Phi) is 2.82. The number of fused-ring (bicyclic) bond motifs is 1. The van der Waals surface area contributed by atoms with Gasteiger partial charge in [-0.25, -0.2) is 0 Å². The van der Waals surface area contributed by atoms with Gasteiger partial charge in [-0.3, -0.25) is 4.79 Å². The van der Waals surface area contributed by atoms with Gasteiger partial charge in [-0.2, -0.15) is 9.61 Å². The fourth-order valence-electron chi connectivity index (χ4n) is 2.37. The fraction of sp³-hybridized carbons (Fsp3) is 0.200. The smallest absolute Gasteiger partial charge is 0.258 e. The molecule has 0 aliphatic rings. The molecule has 5 nitrogen and oxygen atoms in total. The second-order valence-corrected chi connectivity index (χ2v) is 5.03. The maximum atomic E-state index is 12.1. The third kappa shape index (κ3) is 1.79. The molecule has 0 spiro atoms. The van der Waals surface area contributed by atoms with Crippen molar-refractivity contribution in [2.24, 2.45) is 0 Å². The summed E-state index contributed by atoms with van der Waals surface area (Å²) in [5, 5.41) is 14.4. The maximum absolute atomic E-state index is 12.1. The van der Waals surface area contributed by atoms with E-state index in [-0.39, 0.29) is 17.4 Å². The number of H-pyrrole nitrogens is 1. The van der Waals surface area contributed by atoms with Crippen molar-refractivity contribution in [2.45, 2.75) is 19.8 Å². The van der Waals surface area contributed by atoms with E-state index in [0.717, 1.165) is 11.1 Å². The van der Waals surface area contributed by atoms with Gasteiger partial charge in [0.2, 0.25) is 5.88 Å². The van der Waals surface area contributed by atoms with Crippen molar-refractivity contribution in [3.8, 4) is 17.0 Å². The third-order valence-electron chi connectivity index (χ3n) is 3.35. The van der Waals surface area contributed by atoms with E-state index in [4.69, 9.17) is 0 Å². The lowest BCUT2D eigenvalue weighted by atomic mass is 10.1. The van der Waals surface area contributed by atoms with Gasteiger partial charge in [0.15, 0.2) is 0 Å². The standard InChI is InChI=1S/C15H15N3O2/c1-9(2)12-14(19)17-13-11(8-16-18(13)15(12)20)10-6-4-3-5-7-10/h3-9,20H,1-2H3,(H,17,19). The van der Waals surface area contributed by atoms with E-state index in [9.17, 15) is 9.90 Å². The molecule has 2 heterocycles. The highest BCUT2D eigenvalue weighted by Gasteiger charge is 2.18. The van der Waals surface area contributed by atoms with Crippen LogP contribution in [0.25, 0.3) is 16.8 Å². The van der Waals surface area contributed by atoms with E-state index in [1.807, 2.05) is 44.2 Å². The Labute approximate surface area is 115 Å². The number of hydrogen-bond donors (Lipinski definition) is 2. The highest BCUT2D eigenvalue weighted by Crippen LogP contribution is 2.27. The van der Waals surface area contributed by atoms with Gasteiger partial charge in [0.05, 0.1) is 11.8 Å². The van der Waals surface area contributed by atoms with Crippen LogP contribution in [0.1, 0.15) is 25.3 Å². The van der Waals surface area contributed by atoms with E-state index < -0.39 is 0 Å². The lowest BCUT2D eigenvalue weighted by molar-refractivity contribution is 0.423. The number of benzene rings is 1. The Bertz CT molecular complexity index is 816.